The Morgan fingerprint density at radius 2 is 2.00 bits per heavy atom. The maximum Gasteiger partial charge on any atom is 0.0614 e. The average molecular weight is 195 g/mol. The molecule has 0 amide bonds. The van der Waals surface area contributed by atoms with Crippen LogP contribution in [0.5, 0.6) is 0 Å². The van der Waals surface area contributed by atoms with Gasteiger partial charge in [-0.3, -0.25) is 0 Å². The molecule has 1 nitrogen and oxygen atoms in total. The molecule has 0 N–H and O–H groups in total. The van der Waals surface area contributed by atoms with E-state index in [2.05, 4.69) is 36.7 Å². The van der Waals surface area contributed by atoms with Gasteiger partial charge in [0.05, 0.1) is 6.61 Å². The van der Waals surface area contributed by atoms with Gasteiger partial charge in [0.1, 0.15) is 0 Å². The van der Waals surface area contributed by atoms with Crippen molar-refractivity contribution in [1.29, 1.82) is 0 Å². The van der Waals surface area contributed by atoms with Crippen LogP contribution in [0.25, 0.3) is 0 Å². The molecule has 0 aromatic heterocycles. The van der Waals surface area contributed by atoms with E-state index in [9.17, 15) is 0 Å². The van der Waals surface area contributed by atoms with Gasteiger partial charge >= 0.3 is 0 Å². The standard InChI is InChI=1S/C7H15BrO/c1-4-5-9-6-7(2,3)8/h4-6H2,1-3H3. The minimum absolute atomic E-state index is 0.141. The molecular weight excluding hydrogens is 180 g/mol. The van der Waals surface area contributed by atoms with Crippen LogP contribution in [0.1, 0.15) is 27.2 Å². The lowest BCUT2D eigenvalue weighted by Crippen LogP contribution is -2.18. The fourth-order valence-electron chi connectivity index (χ4n) is 0.459. The van der Waals surface area contributed by atoms with Crippen molar-refractivity contribution in [2.75, 3.05) is 13.2 Å². The van der Waals surface area contributed by atoms with Crippen LogP contribution in [0.3, 0.4) is 0 Å². The van der Waals surface area contributed by atoms with Gasteiger partial charge < -0.3 is 4.74 Å². The average Bonchev–Trinajstić information content (AvgIpc) is 1.63. The van der Waals surface area contributed by atoms with Crippen molar-refractivity contribution in [3.63, 3.8) is 0 Å². The predicted molar refractivity (Wildman–Crippen MR) is 44.1 cm³/mol. The van der Waals surface area contributed by atoms with E-state index < -0.39 is 0 Å². The first-order valence-corrected chi connectivity index (χ1v) is 4.12. The van der Waals surface area contributed by atoms with Crippen LogP contribution in [-0.2, 0) is 4.74 Å². The molecule has 0 saturated heterocycles. The molecule has 0 fully saturated rings. The van der Waals surface area contributed by atoms with E-state index in [1.807, 2.05) is 0 Å². The number of hydrogen-bond donors (Lipinski definition) is 0. The monoisotopic (exact) mass is 194 g/mol. The summed E-state index contributed by atoms with van der Waals surface area (Å²) in [4.78, 5) is 0. The number of alkyl halides is 1. The van der Waals surface area contributed by atoms with Crippen molar-refractivity contribution in [1.82, 2.24) is 0 Å². The Morgan fingerprint density at radius 3 is 2.33 bits per heavy atom. The SMILES string of the molecule is CCCOCC(C)(C)Br. The molecule has 0 aliphatic heterocycles. The lowest BCUT2D eigenvalue weighted by molar-refractivity contribution is 0.122. The van der Waals surface area contributed by atoms with Crippen LogP contribution in [0, 0.1) is 0 Å². The van der Waals surface area contributed by atoms with Gasteiger partial charge in [-0.25, -0.2) is 0 Å². The van der Waals surface area contributed by atoms with Gasteiger partial charge in [-0.15, -0.1) is 0 Å². The van der Waals surface area contributed by atoms with E-state index in [1.54, 1.807) is 0 Å². The Balaban J connectivity index is 3.07. The summed E-state index contributed by atoms with van der Waals surface area (Å²) in [6.45, 7) is 7.97. The molecule has 0 aromatic carbocycles. The first-order chi connectivity index (χ1) is 4.06. The van der Waals surface area contributed by atoms with Gasteiger partial charge in [-0.2, -0.15) is 0 Å². The molecule has 9 heavy (non-hydrogen) atoms. The highest BCUT2D eigenvalue weighted by Gasteiger charge is 2.11. The number of halogens is 1. The fraction of sp³-hybridized carbons (Fsp3) is 1.00. The van der Waals surface area contributed by atoms with Gasteiger partial charge in [0.15, 0.2) is 0 Å². The second kappa shape index (κ2) is 4.29. The maximum atomic E-state index is 5.30. The van der Waals surface area contributed by atoms with Crippen molar-refractivity contribution < 1.29 is 4.74 Å². The third kappa shape index (κ3) is 8.44. The van der Waals surface area contributed by atoms with E-state index in [-0.39, 0.29) is 4.32 Å². The van der Waals surface area contributed by atoms with Crippen molar-refractivity contribution >= 4 is 15.9 Å². The maximum absolute atomic E-state index is 5.30. The van der Waals surface area contributed by atoms with Gasteiger partial charge in [-0.1, -0.05) is 22.9 Å². The minimum atomic E-state index is 0.141. The molecule has 56 valence electrons. The quantitative estimate of drug-likeness (QED) is 0.494. The molecule has 0 aliphatic carbocycles. The van der Waals surface area contributed by atoms with Crippen LogP contribution in [0.15, 0.2) is 0 Å². The minimum Gasteiger partial charge on any atom is -0.380 e. The van der Waals surface area contributed by atoms with Crippen molar-refractivity contribution in [3.8, 4) is 0 Å². The second-order valence-corrected chi connectivity index (χ2v) is 4.92. The Labute approximate surface area is 65.9 Å². The molecule has 0 heterocycles. The van der Waals surface area contributed by atoms with E-state index >= 15 is 0 Å². The topological polar surface area (TPSA) is 9.23 Å². The largest absolute Gasteiger partial charge is 0.380 e. The lowest BCUT2D eigenvalue weighted by atomic mass is 10.2. The summed E-state index contributed by atoms with van der Waals surface area (Å²) >= 11 is 3.48. The molecule has 0 spiro atoms. The molecule has 0 aliphatic rings. The van der Waals surface area contributed by atoms with Gasteiger partial charge in [-0.05, 0) is 20.3 Å². The number of hydrogen-bond acceptors (Lipinski definition) is 1. The van der Waals surface area contributed by atoms with Gasteiger partial charge in [0.25, 0.3) is 0 Å². The van der Waals surface area contributed by atoms with Crippen LogP contribution in [-0.4, -0.2) is 17.5 Å². The Kier molecular flexibility index (Phi) is 4.50. The van der Waals surface area contributed by atoms with Crippen molar-refractivity contribution in [3.05, 3.63) is 0 Å². The molecule has 0 radical (unpaired) electrons. The summed E-state index contributed by atoms with van der Waals surface area (Å²) in [5, 5.41) is 0. The molecule has 0 unspecified atom stereocenters. The zero-order valence-electron chi connectivity index (χ0n) is 6.41. The van der Waals surface area contributed by atoms with E-state index in [0.29, 0.717) is 0 Å². The van der Waals surface area contributed by atoms with Gasteiger partial charge in [0, 0.05) is 10.9 Å². The van der Waals surface area contributed by atoms with Crippen LogP contribution in [0.2, 0.25) is 0 Å². The third-order valence-electron chi connectivity index (χ3n) is 0.794. The summed E-state index contributed by atoms with van der Waals surface area (Å²) in [5.41, 5.74) is 0. The molecule has 0 atom stereocenters. The third-order valence-corrected chi connectivity index (χ3v) is 1.02. The summed E-state index contributed by atoms with van der Waals surface area (Å²) in [6, 6.07) is 0. The second-order valence-electron chi connectivity index (χ2n) is 2.77. The highest BCUT2D eigenvalue weighted by molar-refractivity contribution is 9.10. The summed E-state index contributed by atoms with van der Waals surface area (Å²) < 4.78 is 5.44. The first kappa shape index (κ1) is 9.44. The van der Waals surface area contributed by atoms with E-state index in [4.69, 9.17) is 4.74 Å². The normalized spacial score (nSPS) is 12.0. The van der Waals surface area contributed by atoms with E-state index in [0.717, 1.165) is 19.6 Å². The molecule has 0 bridgehead atoms. The van der Waals surface area contributed by atoms with Crippen LogP contribution < -0.4 is 0 Å². The Bertz CT molecular complexity index is 65.8. The Hall–Kier alpha value is 0.440. The van der Waals surface area contributed by atoms with Crippen LogP contribution >= 0.6 is 15.9 Å². The molecule has 2 heteroatoms. The smallest absolute Gasteiger partial charge is 0.0614 e. The lowest BCUT2D eigenvalue weighted by Gasteiger charge is -2.15. The first-order valence-electron chi connectivity index (χ1n) is 3.33. The highest BCUT2D eigenvalue weighted by atomic mass is 79.9. The Morgan fingerprint density at radius 1 is 1.44 bits per heavy atom. The highest BCUT2D eigenvalue weighted by Crippen LogP contribution is 2.15. The molecular formula is C7H15BrO. The van der Waals surface area contributed by atoms with Gasteiger partial charge in [0.2, 0.25) is 0 Å². The van der Waals surface area contributed by atoms with E-state index in [1.165, 1.54) is 0 Å². The molecule has 0 rings (SSSR count). The number of rotatable bonds is 4. The zero-order chi connectivity index (χ0) is 7.33. The number of ether oxygens (including phenoxy) is 1. The summed E-state index contributed by atoms with van der Waals surface area (Å²) in [6.07, 6.45) is 1.10. The zero-order valence-corrected chi connectivity index (χ0v) is 7.99. The van der Waals surface area contributed by atoms with Crippen molar-refractivity contribution in [2.45, 2.75) is 31.5 Å². The van der Waals surface area contributed by atoms with Crippen molar-refractivity contribution in [2.24, 2.45) is 0 Å². The predicted octanol–water partition coefficient (Wildman–Crippen LogP) is 2.59. The summed E-state index contributed by atoms with van der Waals surface area (Å²) in [5.74, 6) is 0. The molecule has 0 saturated carbocycles. The molecule has 0 aromatic rings. The van der Waals surface area contributed by atoms with Crippen LogP contribution in [0.4, 0.5) is 0 Å². The fourth-order valence-corrected chi connectivity index (χ4v) is 0.621. The summed E-state index contributed by atoms with van der Waals surface area (Å²) in [7, 11) is 0.